The van der Waals surface area contributed by atoms with Crippen LogP contribution in [0.4, 0.5) is 0 Å². The molecule has 1 unspecified atom stereocenters. The van der Waals surface area contributed by atoms with E-state index in [1.54, 1.807) is 6.20 Å². The number of hydrogen-bond donors (Lipinski definition) is 6. The standard InChI is InChI=1S/C23H31N7O3/c1-13(2)7-19(21(25)31)29-23(33)20(9-15-11-26-12-28-15)30-22(32)17(24)8-14-10-27-18-6-4-3-5-16(14)18/h3-6,10-13,17,19-20,27H,7-9,24H2,1-2H3,(H2,25,31)(H,26,28)(H,29,33)(H,30,32)/t17-,19-,20?/m0/s1. The SMILES string of the molecule is CC(C)C[C@H](NC(=O)C(Cc1cnc[nH]1)NC(=O)[C@@H](N)Cc1c[nH]c2ccccc12)C(N)=O. The van der Waals surface area contributed by atoms with Crippen LogP contribution in [0.25, 0.3) is 10.9 Å². The first-order valence-corrected chi connectivity index (χ1v) is 10.9. The molecule has 0 spiro atoms. The van der Waals surface area contributed by atoms with E-state index in [-0.39, 0.29) is 12.3 Å². The average molecular weight is 454 g/mol. The Balaban J connectivity index is 1.71. The molecule has 10 nitrogen and oxygen atoms in total. The number of H-pyrrole nitrogens is 2. The van der Waals surface area contributed by atoms with E-state index in [9.17, 15) is 14.4 Å². The van der Waals surface area contributed by atoms with Gasteiger partial charge in [-0.15, -0.1) is 0 Å². The van der Waals surface area contributed by atoms with Crippen LogP contribution in [0.5, 0.6) is 0 Å². The number of nitrogens with zero attached hydrogens (tertiary/aromatic N) is 1. The third-order valence-corrected chi connectivity index (χ3v) is 5.43. The van der Waals surface area contributed by atoms with E-state index in [1.165, 1.54) is 6.33 Å². The van der Waals surface area contributed by atoms with Crippen molar-refractivity contribution in [2.24, 2.45) is 17.4 Å². The van der Waals surface area contributed by atoms with E-state index in [0.29, 0.717) is 18.5 Å². The monoisotopic (exact) mass is 453 g/mol. The molecule has 0 aliphatic rings. The highest BCUT2D eigenvalue weighted by molar-refractivity contribution is 5.93. The van der Waals surface area contributed by atoms with E-state index in [2.05, 4.69) is 25.6 Å². The summed E-state index contributed by atoms with van der Waals surface area (Å²) in [4.78, 5) is 47.7. The average Bonchev–Trinajstić information content (AvgIpc) is 3.42. The summed E-state index contributed by atoms with van der Waals surface area (Å²) in [5.41, 5.74) is 14.2. The van der Waals surface area contributed by atoms with Crippen molar-refractivity contribution < 1.29 is 14.4 Å². The lowest BCUT2D eigenvalue weighted by Gasteiger charge is -2.23. The molecular formula is C23H31N7O3. The highest BCUT2D eigenvalue weighted by Gasteiger charge is 2.28. The Labute approximate surface area is 191 Å². The Kier molecular flexibility index (Phi) is 7.83. The topological polar surface area (TPSA) is 172 Å². The van der Waals surface area contributed by atoms with Gasteiger partial charge < -0.3 is 32.1 Å². The summed E-state index contributed by atoms with van der Waals surface area (Å²) in [5.74, 6) is -1.46. The molecule has 8 N–H and O–H groups in total. The Morgan fingerprint density at radius 1 is 1.03 bits per heavy atom. The molecular weight excluding hydrogens is 422 g/mol. The smallest absolute Gasteiger partial charge is 0.243 e. The lowest BCUT2D eigenvalue weighted by molar-refractivity contribution is -0.131. The number of nitrogens with one attached hydrogen (secondary N) is 4. The van der Waals surface area contributed by atoms with Crippen molar-refractivity contribution in [2.75, 3.05) is 0 Å². The van der Waals surface area contributed by atoms with Crippen LogP contribution in [-0.4, -0.2) is 50.8 Å². The van der Waals surface area contributed by atoms with E-state index < -0.39 is 35.8 Å². The summed E-state index contributed by atoms with van der Waals surface area (Å²) >= 11 is 0. The number of carbonyl (C=O) groups is 3. The van der Waals surface area contributed by atoms with Gasteiger partial charge in [-0.3, -0.25) is 14.4 Å². The fourth-order valence-corrected chi connectivity index (χ4v) is 3.72. The number of imidazole rings is 1. The number of hydrogen-bond acceptors (Lipinski definition) is 5. The fraction of sp³-hybridized carbons (Fsp3) is 0.391. The van der Waals surface area contributed by atoms with E-state index in [1.807, 2.05) is 44.3 Å². The van der Waals surface area contributed by atoms with Gasteiger partial charge in [0.05, 0.1) is 12.4 Å². The van der Waals surface area contributed by atoms with E-state index >= 15 is 0 Å². The van der Waals surface area contributed by atoms with Gasteiger partial charge in [-0.1, -0.05) is 32.0 Å². The van der Waals surface area contributed by atoms with Gasteiger partial charge in [-0.05, 0) is 30.4 Å². The Morgan fingerprint density at radius 3 is 2.42 bits per heavy atom. The molecule has 10 heteroatoms. The number of primary amides is 1. The molecule has 0 aliphatic carbocycles. The minimum Gasteiger partial charge on any atom is -0.368 e. The van der Waals surface area contributed by atoms with Gasteiger partial charge in [-0.25, -0.2) is 4.98 Å². The number of nitrogens with two attached hydrogens (primary N) is 2. The number of fused-ring (bicyclic) bond motifs is 1. The number of amides is 3. The maximum atomic E-state index is 13.0. The molecule has 1 aromatic carbocycles. The number of benzene rings is 1. The van der Waals surface area contributed by atoms with Crippen LogP contribution in [0.2, 0.25) is 0 Å². The van der Waals surface area contributed by atoms with Crippen LogP contribution in [0.1, 0.15) is 31.5 Å². The van der Waals surface area contributed by atoms with Crippen LogP contribution in [0.3, 0.4) is 0 Å². The van der Waals surface area contributed by atoms with Crippen molar-refractivity contribution in [3.63, 3.8) is 0 Å². The highest BCUT2D eigenvalue weighted by atomic mass is 16.2. The summed E-state index contributed by atoms with van der Waals surface area (Å²) in [6.07, 6.45) is 5.73. The number of aromatic nitrogens is 3. The molecule has 0 radical (unpaired) electrons. The van der Waals surface area contributed by atoms with Crippen LogP contribution < -0.4 is 22.1 Å². The summed E-state index contributed by atoms with van der Waals surface area (Å²) in [6.45, 7) is 3.85. The Hall–Kier alpha value is -3.66. The molecule has 0 saturated heterocycles. The quantitative estimate of drug-likeness (QED) is 0.248. The summed E-state index contributed by atoms with van der Waals surface area (Å²) < 4.78 is 0. The largest absolute Gasteiger partial charge is 0.368 e. The van der Waals surface area contributed by atoms with Crippen molar-refractivity contribution in [3.8, 4) is 0 Å². The van der Waals surface area contributed by atoms with Crippen molar-refractivity contribution in [3.05, 3.63) is 54.2 Å². The fourth-order valence-electron chi connectivity index (χ4n) is 3.72. The molecule has 0 fully saturated rings. The second-order valence-electron chi connectivity index (χ2n) is 8.61. The predicted molar refractivity (Wildman–Crippen MR) is 125 cm³/mol. The Bertz CT molecular complexity index is 1090. The summed E-state index contributed by atoms with van der Waals surface area (Å²) in [6, 6.07) is 5.08. The van der Waals surface area contributed by atoms with Gasteiger partial charge in [-0.2, -0.15) is 0 Å². The third-order valence-electron chi connectivity index (χ3n) is 5.43. The highest BCUT2D eigenvalue weighted by Crippen LogP contribution is 2.18. The summed E-state index contributed by atoms with van der Waals surface area (Å²) in [5, 5.41) is 6.38. The number of aromatic amines is 2. The van der Waals surface area contributed by atoms with Crippen LogP contribution in [0, 0.1) is 5.92 Å². The van der Waals surface area contributed by atoms with Gasteiger partial charge in [0, 0.05) is 35.4 Å². The minimum absolute atomic E-state index is 0.146. The van der Waals surface area contributed by atoms with Gasteiger partial charge in [0.1, 0.15) is 12.1 Å². The molecule has 0 aliphatic heterocycles. The lowest BCUT2D eigenvalue weighted by atomic mass is 10.0. The van der Waals surface area contributed by atoms with Crippen molar-refractivity contribution >= 4 is 28.6 Å². The third kappa shape index (κ3) is 6.42. The number of carbonyl (C=O) groups excluding carboxylic acids is 3. The second kappa shape index (κ2) is 10.8. The van der Waals surface area contributed by atoms with Crippen molar-refractivity contribution in [1.29, 1.82) is 0 Å². The zero-order valence-electron chi connectivity index (χ0n) is 18.8. The van der Waals surface area contributed by atoms with E-state index in [0.717, 1.165) is 16.5 Å². The van der Waals surface area contributed by atoms with Crippen LogP contribution >= 0.6 is 0 Å². The molecule has 3 rings (SSSR count). The first kappa shape index (κ1) is 24.0. The zero-order chi connectivity index (χ0) is 24.0. The minimum atomic E-state index is -0.957. The second-order valence-corrected chi connectivity index (χ2v) is 8.61. The maximum Gasteiger partial charge on any atom is 0.243 e. The maximum absolute atomic E-state index is 13.0. The van der Waals surface area contributed by atoms with Gasteiger partial charge in [0.25, 0.3) is 0 Å². The molecule has 3 amide bonds. The molecule has 0 saturated carbocycles. The lowest BCUT2D eigenvalue weighted by Crippen LogP contribution is -2.56. The van der Waals surface area contributed by atoms with Crippen LogP contribution in [-0.2, 0) is 27.2 Å². The normalized spacial score (nSPS) is 14.1. The predicted octanol–water partition coefficient (Wildman–Crippen LogP) is 0.505. The van der Waals surface area contributed by atoms with Gasteiger partial charge in [0.2, 0.25) is 17.7 Å². The van der Waals surface area contributed by atoms with Crippen LogP contribution in [0.15, 0.2) is 43.0 Å². The zero-order valence-corrected chi connectivity index (χ0v) is 18.8. The molecule has 2 aromatic heterocycles. The number of para-hydroxylation sites is 1. The first-order valence-electron chi connectivity index (χ1n) is 10.9. The Morgan fingerprint density at radius 2 is 1.76 bits per heavy atom. The molecule has 33 heavy (non-hydrogen) atoms. The first-order chi connectivity index (χ1) is 15.7. The van der Waals surface area contributed by atoms with Gasteiger partial charge in [0.15, 0.2) is 0 Å². The number of rotatable bonds is 11. The molecule has 2 heterocycles. The molecule has 3 atom stereocenters. The van der Waals surface area contributed by atoms with E-state index in [4.69, 9.17) is 11.5 Å². The molecule has 3 aromatic rings. The van der Waals surface area contributed by atoms with Gasteiger partial charge >= 0.3 is 0 Å². The van der Waals surface area contributed by atoms with Crippen molar-refractivity contribution in [1.82, 2.24) is 25.6 Å². The van der Waals surface area contributed by atoms with Crippen molar-refractivity contribution in [2.45, 2.75) is 51.2 Å². The molecule has 0 bridgehead atoms. The molecule has 176 valence electrons. The summed E-state index contributed by atoms with van der Waals surface area (Å²) in [7, 11) is 0.